The molecule has 0 bridgehead atoms. The molecule has 1 aliphatic carbocycles. The van der Waals surface area contributed by atoms with Crippen molar-refractivity contribution in [2.45, 2.75) is 45.1 Å². The SMILES string of the molecule is COc1ccc(Br)c(CC(N)C2CCC(C)CC2)c1. The summed E-state index contributed by atoms with van der Waals surface area (Å²) in [5.74, 6) is 2.46. The van der Waals surface area contributed by atoms with Crippen molar-refractivity contribution in [2.75, 3.05) is 7.11 Å². The van der Waals surface area contributed by atoms with E-state index < -0.39 is 0 Å². The van der Waals surface area contributed by atoms with E-state index in [-0.39, 0.29) is 6.04 Å². The van der Waals surface area contributed by atoms with Gasteiger partial charge in [0, 0.05) is 10.5 Å². The standard InChI is InChI=1S/C16H24BrNO/c1-11-3-5-12(6-4-11)16(18)10-13-9-14(19-2)7-8-15(13)17/h7-9,11-12,16H,3-6,10,18H2,1-2H3. The van der Waals surface area contributed by atoms with Crippen molar-refractivity contribution in [3.8, 4) is 5.75 Å². The molecule has 1 aromatic carbocycles. The molecule has 0 radical (unpaired) electrons. The van der Waals surface area contributed by atoms with Crippen LogP contribution in [-0.2, 0) is 6.42 Å². The third kappa shape index (κ3) is 3.96. The summed E-state index contributed by atoms with van der Waals surface area (Å²) in [6, 6.07) is 6.37. The van der Waals surface area contributed by atoms with Crippen LogP contribution in [0.4, 0.5) is 0 Å². The molecule has 19 heavy (non-hydrogen) atoms. The van der Waals surface area contributed by atoms with Crippen molar-refractivity contribution in [1.82, 2.24) is 0 Å². The molecule has 1 aromatic rings. The smallest absolute Gasteiger partial charge is 0.119 e. The van der Waals surface area contributed by atoms with Crippen molar-refractivity contribution in [3.05, 3.63) is 28.2 Å². The Hall–Kier alpha value is -0.540. The van der Waals surface area contributed by atoms with Crippen LogP contribution in [0, 0.1) is 11.8 Å². The number of halogens is 1. The molecule has 1 unspecified atom stereocenters. The van der Waals surface area contributed by atoms with Gasteiger partial charge < -0.3 is 10.5 Å². The van der Waals surface area contributed by atoms with Gasteiger partial charge in [-0.05, 0) is 54.9 Å². The fourth-order valence-electron chi connectivity index (χ4n) is 2.97. The predicted octanol–water partition coefficient (Wildman–Crippen LogP) is 4.15. The lowest BCUT2D eigenvalue weighted by Gasteiger charge is -2.30. The monoisotopic (exact) mass is 325 g/mol. The number of methoxy groups -OCH3 is 1. The van der Waals surface area contributed by atoms with E-state index in [0.717, 1.165) is 22.6 Å². The van der Waals surface area contributed by atoms with E-state index in [1.54, 1.807) is 7.11 Å². The summed E-state index contributed by atoms with van der Waals surface area (Å²) in [5, 5.41) is 0. The van der Waals surface area contributed by atoms with Crippen LogP contribution in [0.2, 0.25) is 0 Å². The van der Waals surface area contributed by atoms with Crippen molar-refractivity contribution in [1.29, 1.82) is 0 Å². The number of ether oxygens (including phenoxy) is 1. The number of hydrogen-bond acceptors (Lipinski definition) is 2. The summed E-state index contributed by atoms with van der Waals surface area (Å²) in [4.78, 5) is 0. The maximum Gasteiger partial charge on any atom is 0.119 e. The number of benzene rings is 1. The summed E-state index contributed by atoms with van der Waals surface area (Å²) in [5.41, 5.74) is 7.68. The quantitative estimate of drug-likeness (QED) is 0.902. The van der Waals surface area contributed by atoms with Gasteiger partial charge in [-0.25, -0.2) is 0 Å². The fourth-order valence-corrected chi connectivity index (χ4v) is 3.38. The topological polar surface area (TPSA) is 35.2 Å². The van der Waals surface area contributed by atoms with Crippen molar-refractivity contribution in [3.63, 3.8) is 0 Å². The lowest BCUT2D eigenvalue weighted by molar-refractivity contribution is 0.253. The Balaban J connectivity index is 2.00. The van der Waals surface area contributed by atoms with Gasteiger partial charge in [0.25, 0.3) is 0 Å². The molecule has 2 rings (SSSR count). The summed E-state index contributed by atoms with van der Waals surface area (Å²) < 4.78 is 6.42. The first-order chi connectivity index (χ1) is 9.10. The minimum atomic E-state index is 0.260. The van der Waals surface area contributed by atoms with Gasteiger partial charge in [0.15, 0.2) is 0 Å². The Morgan fingerprint density at radius 2 is 2.00 bits per heavy atom. The van der Waals surface area contributed by atoms with E-state index in [2.05, 4.69) is 28.9 Å². The molecule has 2 nitrogen and oxygen atoms in total. The van der Waals surface area contributed by atoms with Gasteiger partial charge in [-0.1, -0.05) is 35.7 Å². The molecule has 1 saturated carbocycles. The highest BCUT2D eigenvalue weighted by Gasteiger charge is 2.24. The minimum Gasteiger partial charge on any atom is -0.497 e. The summed E-state index contributed by atoms with van der Waals surface area (Å²) in [6.45, 7) is 2.35. The Morgan fingerprint density at radius 1 is 1.32 bits per heavy atom. The molecule has 0 aliphatic heterocycles. The highest BCUT2D eigenvalue weighted by atomic mass is 79.9. The molecule has 3 heteroatoms. The zero-order valence-corrected chi connectivity index (χ0v) is 13.4. The third-order valence-electron chi connectivity index (χ3n) is 4.37. The summed E-state index contributed by atoms with van der Waals surface area (Å²) in [6.07, 6.45) is 6.15. The largest absolute Gasteiger partial charge is 0.497 e. The van der Waals surface area contributed by atoms with E-state index in [1.807, 2.05) is 12.1 Å². The highest BCUT2D eigenvalue weighted by Crippen LogP contribution is 2.32. The van der Waals surface area contributed by atoms with E-state index >= 15 is 0 Å². The van der Waals surface area contributed by atoms with Crippen LogP contribution in [0.3, 0.4) is 0 Å². The maximum absolute atomic E-state index is 6.42. The van der Waals surface area contributed by atoms with Gasteiger partial charge in [0.05, 0.1) is 7.11 Å². The molecule has 1 aliphatic rings. The molecule has 1 fully saturated rings. The summed E-state index contributed by atoms with van der Waals surface area (Å²) >= 11 is 3.61. The van der Waals surface area contributed by atoms with Crippen molar-refractivity contribution >= 4 is 15.9 Å². The molecule has 0 aromatic heterocycles. The number of nitrogens with two attached hydrogens (primary N) is 1. The second kappa shape index (κ2) is 6.76. The lowest BCUT2D eigenvalue weighted by atomic mass is 9.78. The Labute approximate surface area is 124 Å². The molecule has 2 N–H and O–H groups in total. The molecule has 0 amide bonds. The molecule has 0 saturated heterocycles. The maximum atomic E-state index is 6.42. The van der Waals surface area contributed by atoms with Crippen LogP contribution >= 0.6 is 15.9 Å². The summed E-state index contributed by atoms with van der Waals surface area (Å²) in [7, 11) is 1.70. The Bertz CT molecular complexity index is 413. The van der Waals surface area contributed by atoms with Crippen LogP contribution < -0.4 is 10.5 Å². The van der Waals surface area contributed by atoms with Crippen molar-refractivity contribution in [2.24, 2.45) is 17.6 Å². The van der Waals surface area contributed by atoms with E-state index in [4.69, 9.17) is 10.5 Å². The van der Waals surface area contributed by atoms with Crippen LogP contribution in [0.5, 0.6) is 5.75 Å². The average Bonchev–Trinajstić information content (AvgIpc) is 2.42. The molecule has 0 spiro atoms. The van der Waals surface area contributed by atoms with Crippen LogP contribution in [0.25, 0.3) is 0 Å². The average molecular weight is 326 g/mol. The Kier molecular flexibility index (Phi) is 5.28. The highest BCUT2D eigenvalue weighted by molar-refractivity contribution is 9.10. The van der Waals surface area contributed by atoms with E-state index in [0.29, 0.717) is 5.92 Å². The van der Waals surface area contributed by atoms with Crippen LogP contribution in [0.15, 0.2) is 22.7 Å². The van der Waals surface area contributed by atoms with Crippen LogP contribution in [-0.4, -0.2) is 13.2 Å². The first kappa shape index (κ1) is 14.9. The first-order valence-electron chi connectivity index (χ1n) is 7.18. The van der Waals surface area contributed by atoms with Gasteiger partial charge in [0.2, 0.25) is 0 Å². The van der Waals surface area contributed by atoms with Gasteiger partial charge in [0.1, 0.15) is 5.75 Å². The molecule has 1 atom stereocenters. The van der Waals surface area contributed by atoms with Gasteiger partial charge >= 0.3 is 0 Å². The van der Waals surface area contributed by atoms with Gasteiger partial charge in [-0.15, -0.1) is 0 Å². The second-order valence-electron chi connectivity index (χ2n) is 5.85. The first-order valence-corrected chi connectivity index (χ1v) is 7.97. The van der Waals surface area contributed by atoms with Gasteiger partial charge in [-0.3, -0.25) is 0 Å². The zero-order chi connectivity index (χ0) is 13.8. The third-order valence-corrected chi connectivity index (χ3v) is 5.15. The van der Waals surface area contributed by atoms with Gasteiger partial charge in [-0.2, -0.15) is 0 Å². The van der Waals surface area contributed by atoms with E-state index in [9.17, 15) is 0 Å². The lowest BCUT2D eigenvalue weighted by Crippen LogP contribution is -2.34. The molecular formula is C16H24BrNO. The Morgan fingerprint density at radius 3 is 2.63 bits per heavy atom. The second-order valence-corrected chi connectivity index (χ2v) is 6.70. The molecule has 106 valence electrons. The van der Waals surface area contributed by atoms with Crippen LogP contribution in [0.1, 0.15) is 38.2 Å². The number of rotatable bonds is 4. The van der Waals surface area contributed by atoms with E-state index in [1.165, 1.54) is 31.2 Å². The molecule has 0 heterocycles. The molecular weight excluding hydrogens is 302 g/mol. The number of hydrogen-bond donors (Lipinski definition) is 1. The minimum absolute atomic E-state index is 0.260. The predicted molar refractivity (Wildman–Crippen MR) is 83.5 cm³/mol. The van der Waals surface area contributed by atoms with Crippen molar-refractivity contribution < 1.29 is 4.74 Å². The fraction of sp³-hybridized carbons (Fsp3) is 0.625. The normalized spacial score (nSPS) is 25.1. The zero-order valence-electron chi connectivity index (χ0n) is 11.9.